The first-order valence-electron chi connectivity index (χ1n) is 19.7. The summed E-state index contributed by atoms with van der Waals surface area (Å²) in [6.07, 6.45) is 19.1. The molecule has 6 aromatic carbocycles. The van der Waals surface area contributed by atoms with Gasteiger partial charge in [0.1, 0.15) is 0 Å². The zero-order valence-corrected chi connectivity index (χ0v) is 37.0. The summed E-state index contributed by atoms with van der Waals surface area (Å²) in [6, 6.07) is 57.3. The van der Waals surface area contributed by atoms with Gasteiger partial charge >= 0.3 is 351 Å². The van der Waals surface area contributed by atoms with Crippen molar-refractivity contribution in [2.75, 3.05) is 23.9 Å². The molecule has 4 aliphatic rings. The van der Waals surface area contributed by atoms with Crippen molar-refractivity contribution < 1.29 is 42.5 Å². The Kier molecular flexibility index (Phi) is 10.9. The maximum absolute atomic E-state index is 4.69. The molecule has 0 radical (unpaired) electrons. The van der Waals surface area contributed by atoms with Crippen LogP contribution in [0.2, 0.25) is 0 Å². The van der Waals surface area contributed by atoms with Crippen molar-refractivity contribution in [3.8, 4) is 0 Å². The van der Waals surface area contributed by atoms with E-state index in [1.807, 2.05) is 0 Å². The molecule has 10 rings (SSSR count). The van der Waals surface area contributed by atoms with E-state index in [9.17, 15) is 0 Å². The van der Waals surface area contributed by atoms with Crippen molar-refractivity contribution in [2.24, 2.45) is 0 Å². The van der Waals surface area contributed by atoms with Gasteiger partial charge in [0, 0.05) is 0 Å². The summed E-state index contributed by atoms with van der Waals surface area (Å²) >= 11 is -4.46. The summed E-state index contributed by atoms with van der Waals surface area (Å²) in [7, 11) is 4.53. The molecule has 0 aromatic heterocycles. The quantitative estimate of drug-likeness (QED) is 0.150. The van der Waals surface area contributed by atoms with Crippen LogP contribution in [0.3, 0.4) is 0 Å². The van der Waals surface area contributed by atoms with Crippen molar-refractivity contribution in [3.05, 3.63) is 227 Å². The van der Waals surface area contributed by atoms with Gasteiger partial charge in [-0.05, 0) is 0 Å². The van der Waals surface area contributed by atoms with Gasteiger partial charge in [-0.3, -0.25) is 0 Å². The number of fused-ring (bicyclic) bond motifs is 4. The van der Waals surface area contributed by atoms with Gasteiger partial charge in [0.2, 0.25) is 0 Å². The number of anilines is 2. The number of hydrogen-bond donors (Lipinski definition) is 0. The van der Waals surface area contributed by atoms with E-state index in [1.165, 1.54) is 59.3 Å². The summed E-state index contributed by atoms with van der Waals surface area (Å²) in [4.78, 5) is 4.96. The van der Waals surface area contributed by atoms with E-state index in [-0.39, 0.29) is 0 Å². The normalized spacial score (nSPS) is 18.7. The topological polar surface area (TPSA) is 6.48 Å². The van der Waals surface area contributed by atoms with Gasteiger partial charge < -0.3 is 0 Å². The molecule has 4 heteroatoms. The molecule has 0 amide bonds. The van der Waals surface area contributed by atoms with Crippen molar-refractivity contribution in [3.63, 3.8) is 0 Å². The first-order chi connectivity index (χ1) is 27.6. The number of rotatable bonds is 8. The third-order valence-electron chi connectivity index (χ3n) is 11.8. The van der Waals surface area contributed by atoms with Crippen molar-refractivity contribution in [1.29, 1.82) is 0 Å². The number of nitrogens with zero attached hydrogens (tertiary/aromatic N) is 2. The molecule has 0 fully saturated rings. The Bertz CT molecular complexity index is 2390. The van der Waals surface area contributed by atoms with Crippen LogP contribution in [0.25, 0.3) is 24.3 Å². The minimum atomic E-state index is -2.61. The Hall–Kier alpha value is -4.61. The monoisotopic (exact) mass is 878 g/mol. The Balaban J connectivity index is 0.000000172. The van der Waals surface area contributed by atoms with Crippen LogP contribution in [0.4, 0.5) is 11.4 Å². The fourth-order valence-corrected chi connectivity index (χ4v) is 24.2. The van der Waals surface area contributed by atoms with Crippen molar-refractivity contribution in [1.82, 2.24) is 0 Å². The second-order valence-electron chi connectivity index (χ2n) is 15.0. The fraction of sp³-hybridized carbons (Fsp3) is 0.115. The Morgan fingerprint density at radius 3 is 1.04 bits per heavy atom. The van der Waals surface area contributed by atoms with Gasteiger partial charge in [-0.15, -0.1) is 0 Å². The molecule has 4 atom stereocenters. The molecule has 0 N–H and O–H groups in total. The summed E-state index contributed by atoms with van der Waals surface area (Å²) in [5.41, 5.74) is 14.0. The molecule has 2 nitrogen and oxygen atoms in total. The molecule has 4 aliphatic carbocycles. The van der Waals surface area contributed by atoms with E-state index in [1.54, 1.807) is 0 Å². The second-order valence-corrected chi connectivity index (χ2v) is 27.3. The maximum atomic E-state index is 4.69. The summed E-state index contributed by atoms with van der Waals surface area (Å²) in [5, 5.41) is 0. The Morgan fingerprint density at radius 1 is 0.393 bits per heavy atom. The Labute approximate surface area is 347 Å². The van der Waals surface area contributed by atoms with Gasteiger partial charge in [-0.2, -0.15) is 0 Å². The van der Waals surface area contributed by atoms with Crippen LogP contribution in [0.1, 0.15) is 59.0 Å². The number of allylic oxidation sites excluding steroid dienone is 4. The molecule has 0 heterocycles. The van der Waals surface area contributed by atoms with E-state index >= 15 is 0 Å². The second kappa shape index (κ2) is 16.5. The van der Waals surface area contributed by atoms with Gasteiger partial charge in [0.05, 0.1) is 0 Å². The predicted molar refractivity (Wildman–Crippen MR) is 235 cm³/mol. The van der Waals surface area contributed by atoms with E-state index in [0.717, 1.165) is 0 Å². The average molecular weight is 881 g/mol. The Morgan fingerprint density at radius 2 is 0.679 bits per heavy atom. The summed E-state index contributed by atoms with van der Waals surface area (Å²) < 4.78 is 8.32. The summed E-state index contributed by atoms with van der Waals surface area (Å²) in [6.45, 7) is 0. The number of para-hydroxylation sites is 2. The molecular weight excluding hydrogens is 835 g/mol. The third-order valence-corrected chi connectivity index (χ3v) is 26.9. The molecule has 0 saturated heterocycles. The standard InChI is InChI=1S/C15H16N2.4C9H7.CH2.2Zr/c1-16(14-9-5-3-6-10-14)13-17(2)15-11-7-4-8-12-15;4*1-2-5-9-7-3-6-8(9)4-1;;;/h3-12H,1-2H3;4*1-7H;1H2;;. The van der Waals surface area contributed by atoms with Gasteiger partial charge in [0.15, 0.2) is 0 Å². The van der Waals surface area contributed by atoms with E-state index in [2.05, 4.69) is 230 Å². The number of benzene rings is 6. The van der Waals surface area contributed by atoms with Gasteiger partial charge in [-0.25, -0.2) is 0 Å². The minimum absolute atomic E-state index is 0.455. The average Bonchev–Trinajstić information content (AvgIpc) is 4.08. The van der Waals surface area contributed by atoms with Crippen LogP contribution < -0.4 is 9.80 Å². The fourth-order valence-electron chi connectivity index (χ4n) is 9.01. The third kappa shape index (κ3) is 7.13. The van der Waals surface area contributed by atoms with Crippen LogP contribution in [0, 0.1) is 0 Å². The number of hydrogen-bond acceptors (Lipinski definition) is 2. The molecule has 56 heavy (non-hydrogen) atoms. The van der Waals surface area contributed by atoms with Crippen LogP contribution in [0.5, 0.6) is 0 Å². The SMILES string of the molecule is CN([C](N(C)c1ccccc1)=[Zr]([CH]1C=Cc2ccccc21)[CH]1C=Cc2ccccc21)c1ccccc1.[CH2]=[Zr]([CH]1C=Cc2ccccc21)[CH]1C=Cc2ccccc21. The zero-order chi connectivity index (χ0) is 38.0. The van der Waals surface area contributed by atoms with Crippen LogP contribution in [-0.2, 0) is 42.5 Å². The van der Waals surface area contributed by atoms with E-state index in [4.69, 9.17) is 4.21 Å². The zero-order valence-electron chi connectivity index (χ0n) is 32.0. The molecule has 0 spiro atoms. The molecule has 0 bridgehead atoms. The first kappa shape index (κ1) is 37.0. The van der Waals surface area contributed by atoms with Crippen LogP contribution in [-0.4, -0.2) is 21.8 Å². The predicted octanol–water partition coefficient (Wildman–Crippen LogP) is 12.1. The van der Waals surface area contributed by atoms with Crippen LogP contribution in [0.15, 0.2) is 182 Å². The first-order valence-corrected chi connectivity index (χ1v) is 28.3. The molecule has 0 saturated carbocycles. The van der Waals surface area contributed by atoms with E-state index in [0.29, 0.717) is 14.5 Å². The molecular formula is C52H46N2Zr2. The molecule has 272 valence electrons. The van der Waals surface area contributed by atoms with Crippen LogP contribution >= 0.6 is 0 Å². The van der Waals surface area contributed by atoms with Gasteiger partial charge in [-0.1, -0.05) is 0 Å². The molecule has 4 unspecified atom stereocenters. The molecule has 6 aromatic rings. The summed E-state index contributed by atoms with van der Waals surface area (Å²) in [5.74, 6) is 0. The molecule has 0 aliphatic heterocycles. The van der Waals surface area contributed by atoms with Crippen molar-refractivity contribution in [2.45, 2.75) is 14.5 Å². The van der Waals surface area contributed by atoms with Crippen molar-refractivity contribution >= 4 is 43.3 Å². The van der Waals surface area contributed by atoms with Gasteiger partial charge in [0.25, 0.3) is 0 Å². The van der Waals surface area contributed by atoms with E-state index < -0.39 is 42.5 Å².